The fourth-order valence-corrected chi connectivity index (χ4v) is 2.44. The van der Waals surface area contributed by atoms with Crippen molar-refractivity contribution >= 4 is 0 Å². The predicted molar refractivity (Wildman–Crippen MR) is 51.3 cm³/mol. The van der Waals surface area contributed by atoms with Gasteiger partial charge < -0.3 is 5.32 Å². The van der Waals surface area contributed by atoms with E-state index < -0.39 is 0 Å². The van der Waals surface area contributed by atoms with Crippen molar-refractivity contribution < 1.29 is 0 Å². The van der Waals surface area contributed by atoms with Crippen LogP contribution in [-0.2, 0) is 0 Å². The van der Waals surface area contributed by atoms with Crippen LogP contribution in [0.15, 0.2) is 0 Å². The SMILES string of the molecule is CNC1CN(C2CCCCC2)C1. The molecule has 0 aromatic carbocycles. The predicted octanol–water partition coefficient (Wildman–Crippen LogP) is 1.22. The molecule has 1 saturated heterocycles. The molecule has 0 bridgehead atoms. The van der Waals surface area contributed by atoms with Gasteiger partial charge in [0.05, 0.1) is 0 Å². The smallest absolute Gasteiger partial charge is 0.0320 e. The first-order valence-electron chi connectivity index (χ1n) is 5.31. The molecule has 0 radical (unpaired) electrons. The fourth-order valence-electron chi connectivity index (χ4n) is 2.44. The second-order valence-corrected chi connectivity index (χ2v) is 4.23. The zero-order chi connectivity index (χ0) is 8.39. The minimum Gasteiger partial charge on any atom is -0.315 e. The van der Waals surface area contributed by atoms with Gasteiger partial charge in [0.1, 0.15) is 0 Å². The molecule has 0 amide bonds. The minimum atomic E-state index is 0.784. The van der Waals surface area contributed by atoms with Crippen molar-refractivity contribution in [3.05, 3.63) is 0 Å². The lowest BCUT2D eigenvalue weighted by molar-refractivity contribution is 0.0595. The summed E-state index contributed by atoms with van der Waals surface area (Å²) in [6.07, 6.45) is 7.31. The molecule has 0 atom stereocenters. The zero-order valence-electron chi connectivity index (χ0n) is 8.05. The molecule has 70 valence electrons. The Morgan fingerprint density at radius 3 is 2.33 bits per heavy atom. The Hall–Kier alpha value is -0.0800. The molecule has 0 aromatic heterocycles. The van der Waals surface area contributed by atoms with Crippen molar-refractivity contribution in [3.8, 4) is 0 Å². The zero-order valence-corrected chi connectivity index (χ0v) is 8.05. The second kappa shape index (κ2) is 3.75. The molecule has 1 N–H and O–H groups in total. The van der Waals surface area contributed by atoms with E-state index >= 15 is 0 Å². The van der Waals surface area contributed by atoms with E-state index in [1.807, 2.05) is 0 Å². The molecule has 1 saturated carbocycles. The van der Waals surface area contributed by atoms with Crippen LogP contribution in [0.2, 0.25) is 0 Å². The normalized spacial score (nSPS) is 28.8. The van der Waals surface area contributed by atoms with Crippen LogP contribution < -0.4 is 5.32 Å². The molecule has 0 unspecified atom stereocenters. The summed E-state index contributed by atoms with van der Waals surface area (Å²) in [6.45, 7) is 2.59. The van der Waals surface area contributed by atoms with Crippen molar-refractivity contribution in [1.29, 1.82) is 0 Å². The molecule has 2 aliphatic rings. The van der Waals surface area contributed by atoms with Gasteiger partial charge in [-0.1, -0.05) is 19.3 Å². The quantitative estimate of drug-likeness (QED) is 0.667. The molecule has 2 rings (SSSR count). The van der Waals surface area contributed by atoms with Gasteiger partial charge >= 0.3 is 0 Å². The van der Waals surface area contributed by atoms with Gasteiger partial charge in [-0.2, -0.15) is 0 Å². The van der Waals surface area contributed by atoms with Crippen LogP contribution in [-0.4, -0.2) is 37.1 Å². The minimum absolute atomic E-state index is 0.784. The second-order valence-electron chi connectivity index (χ2n) is 4.23. The van der Waals surface area contributed by atoms with Crippen molar-refractivity contribution in [2.45, 2.75) is 44.2 Å². The van der Waals surface area contributed by atoms with E-state index in [-0.39, 0.29) is 0 Å². The Labute approximate surface area is 75.3 Å². The molecule has 0 spiro atoms. The number of rotatable bonds is 2. The van der Waals surface area contributed by atoms with Gasteiger partial charge in [-0.25, -0.2) is 0 Å². The summed E-state index contributed by atoms with van der Waals surface area (Å²) in [7, 11) is 2.07. The first-order chi connectivity index (χ1) is 5.90. The van der Waals surface area contributed by atoms with Gasteiger partial charge in [-0.3, -0.25) is 4.90 Å². The lowest BCUT2D eigenvalue weighted by Crippen LogP contribution is -2.60. The highest BCUT2D eigenvalue weighted by Crippen LogP contribution is 2.25. The average molecular weight is 168 g/mol. The highest BCUT2D eigenvalue weighted by molar-refractivity contribution is 4.90. The number of nitrogens with zero attached hydrogens (tertiary/aromatic N) is 1. The third-order valence-corrected chi connectivity index (χ3v) is 3.41. The number of likely N-dealkylation sites (N-methyl/N-ethyl adjacent to an activating group) is 1. The highest BCUT2D eigenvalue weighted by Gasteiger charge is 2.31. The van der Waals surface area contributed by atoms with Crippen molar-refractivity contribution in [3.63, 3.8) is 0 Å². The van der Waals surface area contributed by atoms with Crippen molar-refractivity contribution in [1.82, 2.24) is 10.2 Å². The number of hydrogen-bond donors (Lipinski definition) is 1. The van der Waals surface area contributed by atoms with E-state index in [1.54, 1.807) is 0 Å². The van der Waals surface area contributed by atoms with Crippen LogP contribution in [0, 0.1) is 0 Å². The molecule has 12 heavy (non-hydrogen) atoms. The molecular formula is C10H20N2. The topological polar surface area (TPSA) is 15.3 Å². The van der Waals surface area contributed by atoms with E-state index in [9.17, 15) is 0 Å². The Morgan fingerprint density at radius 1 is 1.08 bits per heavy atom. The third-order valence-electron chi connectivity index (χ3n) is 3.41. The third kappa shape index (κ3) is 1.64. The summed E-state index contributed by atoms with van der Waals surface area (Å²) in [4.78, 5) is 2.65. The summed E-state index contributed by atoms with van der Waals surface area (Å²) in [5.41, 5.74) is 0. The first kappa shape index (κ1) is 8.52. The van der Waals surface area contributed by atoms with E-state index in [0.29, 0.717) is 0 Å². The largest absolute Gasteiger partial charge is 0.315 e. The van der Waals surface area contributed by atoms with Crippen LogP contribution in [0.4, 0.5) is 0 Å². The van der Waals surface area contributed by atoms with Gasteiger partial charge in [-0.15, -0.1) is 0 Å². The molecule has 2 nitrogen and oxygen atoms in total. The summed E-state index contributed by atoms with van der Waals surface area (Å²) in [6, 6.07) is 1.72. The standard InChI is InChI=1S/C10H20N2/c1-11-9-7-12(8-9)10-5-3-2-4-6-10/h9-11H,2-8H2,1H3. The molecular weight excluding hydrogens is 148 g/mol. The maximum absolute atomic E-state index is 3.33. The van der Waals surface area contributed by atoms with Crippen LogP contribution in [0.5, 0.6) is 0 Å². The van der Waals surface area contributed by atoms with Crippen LogP contribution in [0.1, 0.15) is 32.1 Å². The molecule has 1 aliphatic carbocycles. The summed E-state index contributed by atoms with van der Waals surface area (Å²) in [5.74, 6) is 0. The number of likely N-dealkylation sites (tertiary alicyclic amines) is 1. The van der Waals surface area contributed by atoms with Crippen LogP contribution >= 0.6 is 0 Å². The van der Waals surface area contributed by atoms with Crippen molar-refractivity contribution in [2.24, 2.45) is 0 Å². The Balaban J connectivity index is 1.72. The monoisotopic (exact) mass is 168 g/mol. The summed E-state index contributed by atoms with van der Waals surface area (Å²) < 4.78 is 0. The lowest BCUT2D eigenvalue weighted by atomic mass is 9.91. The van der Waals surface area contributed by atoms with Crippen LogP contribution in [0.25, 0.3) is 0 Å². The average Bonchev–Trinajstić information content (AvgIpc) is 2.04. The van der Waals surface area contributed by atoms with Crippen LogP contribution in [0.3, 0.4) is 0 Å². The van der Waals surface area contributed by atoms with Crippen molar-refractivity contribution in [2.75, 3.05) is 20.1 Å². The van der Waals surface area contributed by atoms with Gasteiger partial charge in [0.25, 0.3) is 0 Å². The highest BCUT2D eigenvalue weighted by atomic mass is 15.3. The Kier molecular flexibility index (Phi) is 2.66. The molecule has 2 fully saturated rings. The summed E-state index contributed by atoms with van der Waals surface area (Å²) >= 11 is 0. The first-order valence-corrected chi connectivity index (χ1v) is 5.31. The maximum Gasteiger partial charge on any atom is 0.0320 e. The van der Waals surface area contributed by atoms with Gasteiger partial charge in [-0.05, 0) is 19.9 Å². The molecule has 2 heteroatoms. The lowest BCUT2D eigenvalue weighted by Gasteiger charge is -2.45. The Bertz CT molecular complexity index is 135. The van der Waals surface area contributed by atoms with Gasteiger partial charge in [0.15, 0.2) is 0 Å². The van der Waals surface area contributed by atoms with E-state index in [2.05, 4.69) is 17.3 Å². The maximum atomic E-state index is 3.33. The molecule has 1 heterocycles. The van der Waals surface area contributed by atoms with Gasteiger partial charge in [0, 0.05) is 25.2 Å². The summed E-state index contributed by atoms with van der Waals surface area (Å²) in [5, 5.41) is 3.33. The van der Waals surface area contributed by atoms with Gasteiger partial charge in [0.2, 0.25) is 0 Å². The molecule has 1 aliphatic heterocycles. The Morgan fingerprint density at radius 2 is 1.75 bits per heavy atom. The van der Waals surface area contributed by atoms with E-state index in [1.165, 1.54) is 45.2 Å². The van der Waals surface area contributed by atoms with E-state index in [0.717, 1.165) is 12.1 Å². The molecule has 0 aromatic rings. The number of nitrogens with one attached hydrogen (secondary N) is 1. The number of hydrogen-bond acceptors (Lipinski definition) is 2. The van der Waals surface area contributed by atoms with E-state index in [4.69, 9.17) is 0 Å². The fraction of sp³-hybridized carbons (Fsp3) is 1.00.